The molecule has 1 saturated carbocycles. The topological polar surface area (TPSA) is 85.9 Å². The number of nitrogen functional groups attached to an aromatic ring is 1. The van der Waals surface area contributed by atoms with Crippen LogP contribution in [0.15, 0.2) is 4.34 Å². The zero-order valence-corrected chi connectivity index (χ0v) is 8.44. The molecule has 13 heavy (non-hydrogen) atoms. The third-order valence-corrected chi connectivity index (χ3v) is 4.92. The van der Waals surface area contributed by atoms with E-state index in [4.69, 9.17) is 5.73 Å². The molecule has 0 radical (unpaired) electrons. The number of aromatic nitrogens is 2. The average molecular weight is 219 g/mol. The zero-order chi connectivity index (χ0) is 9.47. The van der Waals surface area contributed by atoms with Gasteiger partial charge in [0.1, 0.15) is 0 Å². The van der Waals surface area contributed by atoms with Gasteiger partial charge in [-0.15, -0.1) is 10.2 Å². The molecule has 0 aliphatic heterocycles. The number of sulfone groups is 1. The van der Waals surface area contributed by atoms with Crippen LogP contribution in [0.2, 0.25) is 0 Å². The maximum absolute atomic E-state index is 11.5. The number of rotatable bonds is 3. The SMILES string of the molecule is Nc1nnc(S(=O)(=O)CC2CC2)s1. The van der Waals surface area contributed by atoms with Gasteiger partial charge in [0.25, 0.3) is 0 Å². The largest absolute Gasteiger partial charge is 0.374 e. The molecule has 0 aromatic carbocycles. The predicted molar refractivity (Wildman–Crippen MR) is 49.1 cm³/mol. The van der Waals surface area contributed by atoms with Crippen LogP contribution < -0.4 is 5.73 Å². The van der Waals surface area contributed by atoms with Crippen LogP contribution in [0.4, 0.5) is 5.13 Å². The zero-order valence-electron chi connectivity index (χ0n) is 6.80. The van der Waals surface area contributed by atoms with E-state index in [1.54, 1.807) is 0 Å². The van der Waals surface area contributed by atoms with Crippen molar-refractivity contribution in [2.45, 2.75) is 17.2 Å². The van der Waals surface area contributed by atoms with E-state index in [9.17, 15) is 8.42 Å². The van der Waals surface area contributed by atoms with Gasteiger partial charge in [-0.25, -0.2) is 8.42 Å². The molecule has 7 heteroatoms. The molecule has 1 aliphatic rings. The molecule has 2 N–H and O–H groups in total. The van der Waals surface area contributed by atoms with Gasteiger partial charge in [0.05, 0.1) is 5.75 Å². The molecule has 0 atom stereocenters. The van der Waals surface area contributed by atoms with Crippen molar-refractivity contribution in [3.05, 3.63) is 0 Å². The highest BCUT2D eigenvalue weighted by atomic mass is 32.2. The van der Waals surface area contributed by atoms with Crippen LogP contribution in [0.3, 0.4) is 0 Å². The maximum atomic E-state index is 11.5. The van der Waals surface area contributed by atoms with Gasteiger partial charge in [-0.1, -0.05) is 11.3 Å². The fourth-order valence-corrected chi connectivity index (χ4v) is 3.58. The van der Waals surface area contributed by atoms with E-state index in [0.717, 1.165) is 24.2 Å². The second-order valence-corrected chi connectivity index (χ2v) is 6.35. The Morgan fingerprint density at radius 2 is 2.15 bits per heavy atom. The first-order chi connectivity index (χ1) is 6.08. The lowest BCUT2D eigenvalue weighted by atomic mass is 10.5. The number of nitrogens with two attached hydrogens (primary N) is 1. The van der Waals surface area contributed by atoms with Gasteiger partial charge in [0.2, 0.25) is 19.3 Å². The lowest BCUT2D eigenvalue weighted by Crippen LogP contribution is -2.07. The van der Waals surface area contributed by atoms with Crippen LogP contribution in [-0.2, 0) is 9.84 Å². The van der Waals surface area contributed by atoms with Gasteiger partial charge in [-0.3, -0.25) is 0 Å². The van der Waals surface area contributed by atoms with Crippen molar-refractivity contribution in [1.82, 2.24) is 10.2 Å². The summed E-state index contributed by atoms with van der Waals surface area (Å²) in [5.41, 5.74) is 5.30. The fourth-order valence-electron chi connectivity index (χ4n) is 1.01. The number of hydrogen-bond donors (Lipinski definition) is 1. The van der Waals surface area contributed by atoms with Gasteiger partial charge >= 0.3 is 0 Å². The van der Waals surface area contributed by atoms with Gasteiger partial charge in [0, 0.05) is 0 Å². The van der Waals surface area contributed by atoms with E-state index < -0.39 is 9.84 Å². The molecule has 0 unspecified atom stereocenters. The number of nitrogens with zero attached hydrogens (tertiary/aromatic N) is 2. The highest BCUT2D eigenvalue weighted by molar-refractivity contribution is 7.93. The number of anilines is 1. The Hall–Kier alpha value is -0.690. The minimum absolute atomic E-state index is 0.0527. The first-order valence-electron chi connectivity index (χ1n) is 3.90. The Labute approximate surface area is 79.9 Å². The Bertz CT molecular complexity index is 407. The van der Waals surface area contributed by atoms with E-state index in [-0.39, 0.29) is 15.2 Å². The molecule has 72 valence electrons. The lowest BCUT2D eigenvalue weighted by molar-refractivity contribution is 0.590. The lowest BCUT2D eigenvalue weighted by Gasteiger charge is -1.95. The summed E-state index contributed by atoms with van der Waals surface area (Å²) in [6.45, 7) is 0. The molecule has 1 aliphatic carbocycles. The molecule has 1 fully saturated rings. The summed E-state index contributed by atoms with van der Waals surface area (Å²) < 4.78 is 23.1. The molecule has 2 rings (SSSR count). The molecule has 0 amide bonds. The van der Waals surface area contributed by atoms with Crippen LogP contribution in [0, 0.1) is 5.92 Å². The smallest absolute Gasteiger partial charge is 0.234 e. The Kier molecular flexibility index (Phi) is 1.99. The summed E-state index contributed by atoms with van der Waals surface area (Å²) in [7, 11) is -3.21. The molecule has 0 saturated heterocycles. The molecule has 0 bridgehead atoms. The maximum Gasteiger partial charge on any atom is 0.234 e. The van der Waals surface area contributed by atoms with E-state index in [1.807, 2.05) is 0 Å². The Morgan fingerprint density at radius 1 is 1.46 bits per heavy atom. The van der Waals surface area contributed by atoms with Crippen molar-refractivity contribution in [2.75, 3.05) is 11.5 Å². The quantitative estimate of drug-likeness (QED) is 0.790. The molecule has 1 aromatic rings. The average Bonchev–Trinajstić information content (AvgIpc) is 2.70. The van der Waals surface area contributed by atoms with Gasteiger partial charge < -0.3 is 5.73 Å². The standard InChI is InChI=1S/C6H9N3O2S2/c7-5-8-9-6(12-5)13(10,11)3-4-1-2-4/h4H,1-3H2,(H2,7,8). The van der Waals surface area contributed by atoms with Crippen molar-refractivity contribution in [1.29, 1.82) is 0 Å². The minimum Gasteiger partial charge on any atom is -0.374 e. The first-order valence-corrected chi connectivity index (χ1v) is 6.36. The highest BCUT2D eigenvalue weighted by Crippen LogP contribution is 2.32. The van der Waals surface area contributed by atoms with Gasteiger partial charge in [-0.2, -0.15) is 0 Å². The third-order valence-electron chi connectivity index (χ3n) is 1.84. The summed E-state index contributed by atoms with van der Waals surface area (Å²) in [4.78, 5) is 0. The molecule has 0 spiro atoms. The Balaban J connectivity index is 2.22. The van der Waals surface area contributed by atoms with Crippen molar-refractivity contribution in [3.8, 4) is 0 Å². The normalized spacial score (nSPS) is 17.5. The van der Waals surface area contributed by atoms with Crippen molar-refractivity contribution < 1.29 is 8.42 Å². The van der Waals surface area contributed by atoms with Gasteiger partial charge in [-0.05, 0) is 18.8 Å². The van der Waals surface area contributed by atoms with E-state index in [0.29, 0.717) is 5.92 Å². The van der Waals surface area contributed by atoms with Crippen LogP contribution in [0.1, 0.15) is 12.8 Å². The molecule has 1 heterocycles. The third kappa shape index (κ3) is 1.97. The minimum atomic E-state index is -3.21. The summed E-state index contributed by atoms with van der Waals surface area (Å²) in [6.07, 6.45) is 2.01. The molecular weight excluding hydrogens is 210 g/mol. The molecule has 5 nitrogen and oxygen atoms in total. The van der Waals surface area contributed by atoms with E-state index in [2.05, 4.69) is 10.2 Å². The summed E-state index contributed by atoms with van der Waals surface area (Å²) in [6, 6.07) is 0. The van der Waals surface area contributed by atoms with Crippen molar-refractivity contribution >= 4 is 26.3 Å². The van der Waals surface area contributed by atoms with Crippen molar-refractivity contribution in [3.63, 3.8) is 0 Å². The predicted octanol–water partition coefficient (Wildman–Crippen LogP) is 0.304. The molecule has 1 aromatic heterocycles. The summed E-state index contributed by atoms with van der Waals surface area (Å²) >= 11 is 0.932. The second kappa shape index (κ2) is 2.91. The highest BCUT2D eigenvalue weighted by Gasteiger charge is 2.31. The first kappa shape index (κ1) is 8.89. The van der Waals surface area contributed by atoms with Crippen LogP contribution in [0.5, 0.6) is 0 Å². The fraction of sp³-hybridized carbons (Fsp3) is 0.667. The second-order valence-electron chi connectivity index (χ2n) is 3.13. The van der Waals surface area contributed by atoms with Crippen LogP contribution in [0.25, 0.3) is 0 Å². The van der Waals surface area contributed by atoms with Crippen LogP contribution in [-0.4, -0.2) is 24.4 Å². The molecular formula is C6H9N3O2S2. The monoisotopic (exact) mass is 219 g/mol. The van der Waals surface area contributed by atoms with E-state index >= 15 is 0 Å². The van der Waals surface area contributed by atoms with E-state index in [1.165, 1.54) is 0 Å². The Morgan fingerprint density at radius 3 is 2.62 bits per heavy atom. The summed E-state index contributed by atoms with van der Waals surface area (Å²) in [5.74, 6) is 0.525. The summed E-state index contributed by atoms with van der Waals surface area (Å²) in [5, 5.41) is 7.20. The van der Waals surface area contributed by atoms with Crippen LogP contribution >= 0.6 is 11.3 Å². The van der Waals surface area contributed by atoms with Crippen molar-refractivity contribution in [2.24, 2.45) is 5.92 Å². The number of hydrogen-bond acceptors (Lipinski definition) is 6. The van der Waals surface area contributed by atoms with Gasteiger partial charge in [0.15, 0.2) is 0 Å².